The van der Waals surface area contributed by atoms with Gasteiger partial charge in [0.1, 0.15) is 0 Å². The van der Waals surface area contributed by atoms with Crippen LogP contribution in [0.25, 0.3) is 0 Å². The zero-order chi connectivity index (χ0) is 16.6. The summed E-state index contributed by atoms with van der Waals surface area (Å²) in [5.41, 5.74) is 0.766. The summed E-state index contributed by atoms with van der Waals surface area (Å²) in [6.07, 6.45) is 1.93. The molecule has 22 heavy (non-hydrogen) atoms. The molecule has 0 aliphatic heterocycles. The van der Waals surface area contributed by atoms with E-state index in [1.807, 2.05) is 25.1 Å². The van der Waals surface area contributed by atoms with Gasteiger partial charge < -0.3 is 10.2 Å². The van der Waals surface area contributed by atoms with E-state index in [4.69, 9.17) is 0 Å². The van der Waals surface area contributed by atoms with Crippen molar-refractivity contribution in [2.24, 2.45) is 0 Å². The van der Waals surface area contributed by atoms with Crippen LogP contribution in [0.3, 0.4) is 0 Å². The Labute approximate surface area is 133 Å². The lowest BCUT2D eigenvalue weighted by molar-refractivity contribution is 0.191. The van der Waals surface area contributed by atoms with Crippen LogP contribution < -0.4 is 5.32 Å². The molecule has 0 aliphatic carbocycles. The van der Waals surface area contributed by atoms with Gasteiger partial charge in [-0.1, -0.05) is 43.7 Å². The van der Waals surface area contributed by atoms with E-state index in [0.29, 0.717) is 0 Å². The second-order valence-electron chi connectivity index (χ2n) is 5.56. The van der Waals surface area contributed by atoms with Crippen LogP contribution in [0.15, 0.2) is 30.3 Å². The Morgan fingerprint density at radius 1 is 1.27 bits per heavy atom. The molecule has 1 rings (SSSR count). The SMILES string of the molecule is CCC[C@@H](C)N(C)C(=O)NCCS(=O)(=O)Cc1ccccc1. The fourth-order valence-electron chi connectivity index (χ4n) is 2.15. The molecule has 0 spiro atoms. The van der Waals surface area contributed by atoms with Crippen molar-refractivity contribution in [2.75, 3.05) is 19.3 Å². The van der Waals surface area contributed by atoms with E-state index in [1.165, 1.54) is 0 Å². The molecule has 1 aromatic carbocycles. The smallest absolute Gasteiger partial charge is 0.317 e. The van der Waals surface area contributed by atoms with Gasteiger partial charge in [-0.2, -0.15) is 0 Å². The number of sulfone groups is 1. The monoisotopic (exact) mass is 326 g/mol. The van der Waals surface area contributed by atoms with Crippen molar-refractivity contribution >= 4 is 15.9 Å². The first-order valence-electron chi connectivity index (χ1n) is 7.60. The van der Waals surface area contributed by atoms with Gasteiger partial charge in [-0.15, -0.1) is 0 Å². The first-order valence-corrected chi connectivity index (χ1v) is 9.43. The largest absolute Gasteiger partial charge is 0.337 e. The van der Waals surface area contributed by atoms with Crippen molar-refractivity contribution in [1.29, 1.82) is 0 Å². The predicted molar refractivity (Wildman–Crippen MR) is 89.5 cm³/mol. The molecule has 0 bridgehead atoms. The van der Waals surface area contributed by atoms with E-state index >= 15 is 0 Å². The van der Waals surface area contributed by atoms with Crippen molar-refractivity contribution in [3.05, 3.63) is 35.9 Å². The number of hydrogen-bond donors (Lipinski definition) is 1. The van der Waals surface area contributed by atoms with Crippen molar-refractivity contribution in [3.8, 4) is 0 Å². The normalized spacial score (nSPS) is 12.7. The third-order valence-electron chi connectivity index (χ3n) is 3.61. The number of carbonyl (C=O) groups excluding carboxylic acids is 1. The summed E-state index contributed by atoms with van der Waals surface area (Å²) in [4.78, 5) is 13.5. The van der Waals surface area contributed by atoms with Gasteiger partial charge in [-0.25, -0.2) is 13.2 Å². The van der Waals surface area contributed by atoms with Crippen LogP contribution >= 0.6 is 0 Å². The maximum Gasteiger partial charge on any atom is 0.317 e. The fraction of sp³-hybridized carbons (Fsp3) is 0.562. The van der Waals surface area contributed by atoms with Crippen LogP contribution in [0.4, 0.5) is 4.79 Å². The van der Waals surface area contributed by atoms with Gasteiger partial charge in [-0.3, -0.25) is 0 Å². The molecular formula is C16H26N2O3S. The van der Waals surface area contributed by atoms with Gasteiger partial charge in [0.15, 0.2) is 9.84 Å². The lowest BCUT2D eigenvalue weighted by Crippen LogP contribution is -2.43. The lowest BCUT2D eigenvalue weighted by Gasteiger charge is -2.24. The third-order valence-corrected chi connectivity index (χ3v) is 5.21. The van der Waals surface area contributed by atoms with E-state index in [1.54, 1.807) is 24.1 Å². The zero-order valence-electron chi connectivity index (χ0n) is 13.6. The number of amides is 2. The molecule has 1 N–H and O–H groups in total. The minimum atomic E-state index is -3.22. The molecule has 1 atom stereocenters. The molecule has 0 saturated carbocycles. The zero-order valence-corrected chi connectivity index (χ0v) is 14.4. The van der Waals surface area contributed by atoms with Gasteiger partial charge in [0, 0.05) is 19.6 Å². The third kappa shape index (κ3) is 6.47. The Bertz CT molecular complexity index is 558. The van der Waals surface area contributed by atoms with E-state index in [2.05, 4.69) is 12.2 Å². The minimum Gasteiger partial charge on any atom is -0.337 e. The number of benzene rings is 1. The lowest BCUT2D eigenvalue weighted by atomic mass is 10.2. The first-order chi connectivity index (χ1) is 10.4. The molecule has 0 fully saturated rings. The molecule has 6 heteroatoms. The summed E-state index contributed by atoms with van der Waals surface area (Å²) in [5.74, 6) is -0.0462. The Kier molecular flexibility index (Phi) is 7.38. The fourth-order valence-corrected chi connectivity index (χ4v) is 3.41. The highest BCUT2D eigenvalue weighted by Crippen LogP contribution is 2.06. The Morgan fingerprint density at radius 3 is 2.50 bits per heavy atom. The standard InChI is InChI=1S/C16H26N2O3S/c1-4-8-14(2)18(3)16(19)17-11-12-22(20,21)13-15-9-6-5-7-10-15/h5-7,9-10,14H,4,8,11-13H2,1-3H3,(H,17,19)/t14-/m1/s1. The molecule has 2 amide bonds. The molecule has 0 radical (unpaired) electrons. The number of carbonyl (C=O) groups is 1. The van der Waals surface area contributed by atoms with Gasteiger partial charge >= 0.3 is 6.03 Å². The average Bonchev–Trinajstić information content (AvgIpc) is 2.46. The van der Waals surface area contributed by atoms with E-state index in [9.17, 15) is 13.2 Å². The van der Waals surface area contributed by atoms with Crippen LogP contribution in [0.2, 0.25) is 0 Å². The highest BCUT2D eigenvalue weighted by atomic mass is 32.2. The number of hydrogen-bond acceptors (Lipinski definition) is 3. The van der Waals surface area contributed by atoms with Gasteiger partial charge in [0.05, 0.1) is 11.5 Å². The van der Waals surface area contributed by atoms with Crippen LogP contribution in [0, 0.1) is 0 Å². The highest BCUT2D eigenvalue weighted by Gasteiger charge is 2.16. The van der Waals surface area contributed by atoms with Crippen LogP contribution in [0.5, 0.6) is 0 Å². The second kappa shape index (κ2) is 8.78. The molecule has 1 aromatic rings. The molecule has 0 aromatic heterocycles. The number of nitrogens with zero attached hydrogens (tertiary/aromatic N) is 1. The van der Waals surface area contributed by atoms with E-state index < -0.39 is 9.84 Å². The van der Waals surface area contributed by atoms with Crippen molar-refractivity contribution in [3.63, 3.8) is 0 Å². The van der Waals surface area contributed by atoms with Crippen molar-refractivity contribution in [1.82, 2.24) is 10.2 Å². The van der Waals surface area contributed by atoms with Crippen LogP contribution in [0.1, 0.15) is 32.3 Å². The maximum atomic E-state index is 12.0. The van der Waals surface area contributed by atoms with Gasteiger partial charge in [0.2, 0.25) is 0 Å². The molecular weight excluding hydrogens is 300 g/mol. The topological polar surface area (TPSA) is 66.5 Å². The molecule has 124 valence electrons. The molecule has 0 unspecified atom stereocenters. The predicted octanol–water partition coefficient (Wildman–Crippen LogP) is 2.43. The summed E-state index contributed by atoms with van der Waals surface area (Å²) < 4.78 is 24.0. The van der Waals surface area contributed by atoms with Crippen LogP contribution in [-0.2, 0) is 15.6 Å². The summed E-state index contributed by atoms with van der Waals surface area (Å²) >= 11 is 0. The van der Waals surface area contributed by atoms with Crippen molar-refractivity contribution < 1.29 is 13.2 Å². The highest BCUT2D eigenvalue weighted by molar-refractivity contribution is 7.90. The summed E-state index contributed by atoms with van der Waals surface area (Å²) in [6, 6.07) is 8.98. The molecule has 0 saturated heterocycles. The molecule has 0 aliphatic rings. The Hall–Kier alpha value is -1.56. The Morgan fingerprint density at radius 2 is 1.91 bits per heavy atom. The minimum absolute atomic E-state index is 0.00574. The summed E-state index contributed by atoms with van der Waals surface area (Å²) in [7, 11) is -1.49. The van der Waals surface area contributed by atoms with Gasteiger partial charge in [0.25, 0.3) is 0 Å². The second-order valence-corrected chi connectivity index (χ2v) is 7.74. The Balaban J connectivity index is 2.41. The quantitative estimate of drug-likeness (QED) is 0.798. The van der Waals surface area contributed by atoms with E-state index in [-0.39, 0.29) is 30.1 Å². The number of urea groups is 1. The summed E-state index contributed by atoms with van der Waals surface area (Å²) in [5, 5.41) is 2.67. The van der Waals surface area contributed by atoms with Gasteiger partial charge in [-0.05, 0) is 18.9 Å². The van der Waals surface area contributed by atoms with Crippen LogP contribution in [-0.4, -0.2) is 44.7 Å². The maximum absolute atomic E-state index is 12.0. The molecule has 5 nitrogen and oxygen atoms in total. The van der Waals surface area contributed by atoms with Crippen molar-refractivity contribution in [2.45, 2.75) is 38.5 Å². The molecule has 0 heterocycles. The average molecular weight is 326 g/mol. The number of nitrogens with one attached hydrogen (secondary N) is 1. The number of rotatable bonds is 8. The van der Waals surface area contributed by atoms with E-state index in [0.717, 1.165) is 18.4 Å². The first kappa shape index (κ1) is 18.5. The summed E-state index contributed by atoms with van der Waals surface area (Å²) in [6.45, 7) is 4.19.